The lowest BCUT2D eigenvalue weighted by Gasteiger charge is -2.03. The fourth-order valence-corrected chi connectivity index (χ4v) is 0.960. The van der Waals surface area contributed by atoms with Crippen LogP contribution in [0.3, 0.4) is 0 Å². The Kier molecular flexibility index (Phi) is 23.6. The Morgan fingerprint density at radius 1 is 0.412 bits per heavy atom. The molecule has 7 heteroatoms. The number of rotatable bonds is 11. The zero-order valence-electron chi connectivity index (χ0n) is 10.9. The molecule has 0 aliphatic carbocycles. The van der Waals surface area contributed by atoms with E-state index in [9.17, 15) is 0 Å². The van der Waals surface area contributed by atoms with Gasteiger partial charge in [0.1, 0.15) is 0 Å². The van der Waals surface area contributed by atoms with Crippen LogP contribution >= 0.6 is 0 Å². The van der Waals surface area contributed by atoms with Crippen LogP contribution in [-0.4, -0.2) is 65.4 Å². The molecule has 0 aromatic heterocycles. The Balaban J connectivity index is 0. The summed E-state index contributed by atoms with van der Waals surface area (Å²) in [5.41, 5.74) is 20.9. The van der Waals surface area contributed by atoms with E-state index in [1.54, 1.807) is 0 Å². The van der Waals surface area contributed by atoms with Crippen molar-refractivity contribution in [1.82, 2.24) is 16.0 Å². The summed E-state index contributed by atoms with van der Waals surface area (Å²) >= 11 is 0. The molecule has 0 aromatic carbocycles. The van der Waals surface area contributed by atoms with Crippen molar-refractivity contribution in [2.75, 3.05) is 65.4 Å². The molecule has 7 nitrogen and oxygen atoms in total. The first kappa shape index (κ1) is 19.1. The lowest BCUT2D eigenvalue weighted by atomic mass is 10.5. The van der Waals surface area contributed by atoms with E-state index < -0.39 is 0 Å². The lowest BCUT2D eigenvalue weighted by Crippen LogP contribution is -2.32. The maximum absolute atomic E-state index is 5.27. The summed E-state index contributed by atoms with van der Waals surface area (Å²) in [6.45, 7) is 8.27. The molecule has 0 aliphatic rings. The highest BCUT2D eigenvalue weighted by Gasteiger charge is 1.83. The average Bonchev–Trinajstić information content (AvgIpc) is 2.35. The molecule has 0 heterocycles. The van der Waals surface area contributed by atoms with Crippen LogP contribution in [0, 0.1) is 0 Å². The molecule has 106 valence electrons. The molecule has 0 amide bonds. The Labute approximate surface area is 105 Å². The van der Waals surface area contributed by atoms with Crippen LogP contribution in [-0.2, 0) is 0 Å². The molecule has 0 spiro atoms. The molecule has 0 atom stereocenters. The second-order valence-corrected chi connectivity index (χ2v) is 3.40. The lowest BCUT2D eigenvalue weighted by molar-refractivity contribution is 0.618. The first-order chi connectivity index (χ1) is 8.33. The highest BCUT2D eigenvalue weighted by Crippen LogP contribution is 1.57. The predicted molar refractivity (Wildman–Crippen MR) is 74.8 cm³/mol. The smallest absolute Gasteiger partial charge is 0.00772 e. The van der Waals surface area contributed by atoms with Gasteiger partial charge in [0, 0.05) is 65.4 Å². The molecular formula is C10H31N7. The second-order valence-electron chi connectivity index (χ2n) is 3.40. The van der Waals surface area contributed by atoms with E-state index >= 15 is 0 Å². The van der Waals surface area contributed by atoms with Crippen molar-refractivity contribution in [3.05, 3.63) is 0 Å². The van der Waals surface area contributed by atoms with Gasteiger partial charge in [-0.3, -0.25) is 0 Å². The van der Waals surface area contributed by atoms with Crippen molar-refractivity contribution in [2.24, 2.45) is 22.9 Å². The summed E-state index contributed by atoms with van der Waals surface area (Å²) in [7, 11) is 0. The van der Waals surface area contributed by atoms with Gasteiger partial charge in [0.05, 0.1) is 0 Å². The maximum atomic E-state index is 5.27. The Bertz CT molecular complexity index is 101. The van der Waals surface area contributed by atoms with Crippen molar-refractivity contribution in [3.63, 3.8) is 0 Å². The molecule has 0 saturated heterocycles. The number of hydrogen-bond acceptors (Lipinski definition) is 7. The van der Waals surface area contributed by atoms with E-state index in [0.29, 0.717) is 26.2 Å². The van der Waals surface area contributed by atoms with Gasteiger partial charge in [-0.1, -0.05) is 0 Å². The normalized spacial score (nSPS) is 9.88. The highest BCUT2D eigenvalue weighted by molar-refractivity contribution is 4.51. The van der Waals surface area contributed by atoms with Crippen LogP contribution in [0.5, 0.6) is 0 Å². The van der Waals surface area contributed by atoms with Crippen LogP contribution in [0.15, 0.2) is 0 Å². The number of hydrogen-bond donors (Lipinski definition) is 7. The molecule has 17 heavy (non-hydrogen) atoms. The van der Waals surface area contributed by atoms with Crippen molar-refractivity contribution in [3.8, 4) is 0 Å². The first-order valence-corrected chi connectivity index (χ1v) is 6.25. The van der Waals surface area contributed by atoms with E-state index in [1.807, 2.05) is 0 Å². The third-order valence-corrected chi connectivity index (χ3v) is 1.76. The zero-order valence-corrected chi connectivity index (χ0v) is 10.9. The Hall–Kier alpha value is -0.280. The van der Waals surface area contributed by atoms with Crippen LogP contribution < -0.4 is 38.9 Å². The Morgan fingerprint density at radius 2 is 0.647 bits per heavy atom. The van der Waals surface area contributed by atoms with Gasteiger partial charge in [0.25, 0.3) is 0 Å². The van der Waals surface area contributed by atoms with Gasteiger partial charge in [-0.15, -0.1) is 0 Å². The van der Waals surface area contributed by atoms with Gasteiger partial charge in [-0.05, 0) is 0 Å². The van der Waals surface area contributed by atoms with E-state index in [2.05, 4.69) is 16.0 Å². The molecule has 0 aromatic rings. The molecule has 0 bridgehead atoms. The minimum absolute atomic E-state index is 0.694. The van der Waals surface area contributed by atoms with E-state index in [4.69, 9.17) is 22.9 Å². The van der Waals surface area contributed by atoms with Gasteiger partial charge in [-0.2, -0.15) is 0 Å². The van der Waals surface area contributed by atoms with Gasteiger partial charge in [0.2, 0.25) is 0 Å². The molecular weight excluding hydrogens is 218 g/mol. The molecule has 0 radical (unpaired) electrons. The topological polar surface area (TPSA) is 140 Å². The van der Waals surface area contributed by atoms with Gasteiger partial charge in [-0.25, -0.2) is 0 Å². The summed E-state index contributed by atoms with van der Waals surface area (Å²) in [5.74, 6) is 0. The third kappa shape index (κ3) is 25.7. The van der Waals surface area contributed by atoms with Crippen molar-refractivity contribution in [1.29, 1.82) is 0 Å². The van der Waals surface area contributed by atoms with Gasteiger partial charge in [0.15, 0.2) is 0 Å². The van der Waals surface area contributed by atoms with Crippen LogP contribution in [0.4, 0.5) is 0 Å². The Morgan fingerprint density at radius 3 is 0.882 bits per heavy atom. The molecule has 0 fully saturated rings. The largest absolute Gasteiger partial charge is 0.329 e. The highest BCUT2D eigenvalue weighted by atomic mass is 14.9. The van der Waals surface area contributed by atoms with Crippen LogP contribution in [0.1, 0.15) is 0 Å². The number of nitrogens with one attached hydrogen (secondary N) is 3. The van der Waals surface area contributed by atoms with E-state index in [-0.39, 0.29) is 0 Å². The van der Waals surface area contributed by atoms with E-state index in [0.717, 1.165) is 39.3 Å². The first-order valence-electron chi connectivity index (χ1n) is 6.25. The predicted octanol–water partition coefficient (Wildman–Crippen LogP) is -3.42. The van der Waals surface area contributed by atoms with Crippen LogP contribution in [0.25, 0.3) is 0 Å². The van der Waals surface area contributed by atoms with Crippen LogP contribution in [0.2, 0.25) is 0 Å². The van der Waals surface area contributed by atoms with Gasteiger partial charge >= 0.3 is 0 Å². The maximum Gasteiger partial charge on any atom is 0.00772 e. The monoisotopic (exact) mass is 249 g/mol. The average molecular weight is 249 g/mol. The van der Waals surface area contributed by atoms with Crippen molar-refractivity contribution >= 4 is 0 Å². The van der Waals surface area contributed by atoms with Crippen molar-refractivity contribution in [2.45, 2.75) is 0 Å². The molecule has 0 rings (SSSR count). The fraction of sp³-hybridized carbons (Fsp3) is 1.00. The molecule has 0 saturated carbocycles. The molecule has 0 aliphatic heterocycles. The SMILES string of the molecule is NCCNCCN.NCCNCCNCCN. The third-order valence-electron chi connectivity index (χ3n) is 1.76. The summed E-state index contributed by atoms with van der Waals surface area (Å²) in [6, 6.07) is 0. The minimum atomic E-state index is 0.694. The summed E-state index contributed by atoms with van der Waals surface area (Å²) in [5, 5.41) is 9.37. The fourth-order valence-electron chi connectivity index (χ4n) is 0.960. The minimum Gasteiger partial charge on any atom is -0.329 e. The second kappa shape index (κ2) is 21.1. The zero-order chi connectivity index (χ0) is 13.2. The van der Waals surface area contributed by atoms with Gasteiger partial charge < -0.3 is 38.9 Å². The van der Waals surface area contributed by atoms with E-state index in [1.165, 1.54) is 0 Å². The summed E-state index contributed by atoms with van der Waals surface area (Å²) in [6.07, 6.45) is 0. The number of nitrogens with two attached hydrogens (primary N) is 4. The quantitative estimate of drug-likeness (QED) is 0.189. The summed E-state index contributed by atoms with van der Waals surface area (Å²) < 4.78 is 0. The molecule has 11 N–H and O–H groups in total. The molecule has 0 unspecified atom stereocenters. The standard InChI is InChI=1S/C6H18N4.C4H13N3/c7-1-3-9-5-6-10-4-2-8;5-1-3-7-4-2-6/h9-10H,1-8H2;7H,1-6H2. The summed E-state index contributed by atoms with van der Waals surface area (Å²) in [4.78, 5) is 0. The van der Waals surface area contributed by atoms with Crippen molar-refractivity contribution < 1.29 is 0 Å².